The number of carbonyl (C=O) groups is 2. The van der Waals surface area contributed by atoms with Gasteiger partial charge in [-0.25, -0.2) is 0 Å². The van der Waals surface area contributed by atoms with E-state index in [0.29, 0.717) is 12.8 Å². The molecule has 0 saturated heterocycles. The second kappa shape index (κ2) is 5.81. The minimum absolute atomic E-state index is 0.387. The van der Waals surface area contributed by atoms with E-state index in [1.165, 1.54) is 0 Å². The Morgan fingerprint density at radius 3 is 1.58 bits per heavy atom. The van der Waals surface area contributed by atoms with Gasteiger partial charge in [-0.2, -0.15) is 0 Å². The van der Waals surface area contributed by atoms with Crippen molar-refractivity contribution in [2.45, 2.75) is 12.8 Å². The Labute approximate surface area is 139 Å². The van der Waals surface area contributed by atoms with Crippen LogP contribution >= 0.6 is 0 Å². The molecule has 0 fully saturated rings. The third-order valence-electron chi connectivity index (χ3n) is 4.39. The number of hydrogen-bond acceptors (Lipinski definition) is 2. The first-order valence-electron chi connectivity index (χ1n) is 7.89. The van der Waals surface area contributed by atoms with E-state index in [0.717, 1.165) is 46.1 Å². The fraction of sp³-hybridized carbons (Fsp3) is 0.100. The fourth-order valence-electron chi connectivity index (χ4n) is 3.35. The molecule has 0 aromatic carbocycles. The predicted octanol–water partition coefficient (Wildman–Crippen LogP) is 3.34. The minimum atomic E-state index is 0.387. The molecule has 0 amide bonds. The molecule has 0 aliphatic heterocycles. The number of aldehydes is 2. The third kappa shape index (κ3) is 2.15. The van der Waals surface area contributed by atoms with Crippen molar-refractivity contribution in [2.24, 2.45) is 0 Å². The molecule has 4 heteroatoms. The van der Waals surface area contributed by atoms with Crippen LogP contribution in [0.1, 0.15) is 11.1 Å². The molecule has 118 valence electrons. The summed E-state index contributed by atoms with van der Waals surface area (Å²) in [5.41, 5.74) is 6.10. The summed E-state index contributed by atoms with van der Waals surface area (Å²) in [7, 11) is 0. The highest BCUT2D eigenvalue weighted by Gasteiger charge is 2.15. The molecule has 0 atom stereocenters. The van der Waals surface area contributed by atoms with Gasteiger partial charge in [-0.1, -0.05) is 12.1 Å². The van der Waals surface area contributed by atoms with Crippen LogP contribution in [0.15, 0.2) is 60.9 Å². The fourth-order valence-corrected chi connectivity index (χ4v) is 3.35. The molecule has 0 bridgehead atoms. The van der Waals surface area contributed by atoms with Gasteiger partial charge in [0.2, 0.25) is 0 Å². The highest BCUT2D eigenvalue weighted by atomic mass is 16.1. The number of hydrogen-bond donors (Lipinski definition) is 0. The van der Waals surface area contributed by atoms with E-state index >= 15 is 0 Å². The lowest BCUT2D eigenvalue weighted by molar-refractivity contribution is -0.108. The topological polar surface area (TPSA) is 43.0 Å². The van der Waals surface area contributed by atoms with Crippen LogP contribution in [0.4, 0.5) is 0 Å². The van der Waals surface area contributed by atoms with Crippen LogP contribution in [0.25, 0.3) is 22.4 Å². The lowest BCUT2D eigenvalue weighted by atomic mass is 10.1. The molecule has 0 N–H and O–H groups in total. The summed E-state index contributed by atoms with van der Waals surface area (Å²) in [5.74, 6) is 0. The molecule has 0 spiro atoms. The van der Waals surface area contributed by atoms with Gasteiger partial charge >= 0.3 is 0 Å². The highest BCUT2D eigenvalue weighted by Crippen LogP contribution is 2.30. The quantitative estimate of drug-likeness (QED) is 0.530. The first kappa shape index (κ1) is 14.5. The molecule has 4 heterocycles. The predicted molar refractivity (Wildman–Crippen MR) is 93.3 cm³/mol. The SMILES string of the molecule is O=CCc1cc(-c2cc(CC=O)c3ccccn23)n2ccccc12. The van der Waals surface area contributed by atoms with Gasteiger partial charge in [0.25, 0.3) is 0 Å². The van der Waals surface area contributed by atoms with Crippen LogP contribution in [0.3, 0.4) is 0 Å². The molecule has 0 aliphatic carbocycles. The Kier molecular flexibility index (Phi) is 3.50. The Bertz CT molecular complexity index is 970. The van der Waals surface area contributed by atoms with Crippen molar-refractivity contribution in [3.05, 3.63) is 72.1 Å². The van der Waals surface area contributed by atoms with Crippen LogP contribution in [0.5, 0.6) is 0 Å². The number of rotatable bonds is 5. The van der Waals surface area contributed by atoms with Gasteiger partial charge in [0.15, 0.2) is 0 Å². The molecule has 24 heavy (non-hydrogen) atoms. The number of fused-ring (bicyclic) bond motifs is 2. The lowest BCUT2D eigenvalue weighted by Crippen LogP contribution is -1.91. The van der Waals surface area contributed by atoms with Gasteiger partial charge in [-0.3, -0.25) is 0 Å². The van der Waals surface area contributed by atoms with E-state index in [1.807, 2.05) is 48.8 Å². The van der Waals surface area contributed by atoms with Crippen LogP contribution < -0.4 is 0 Å². The van der Waals surface area contributed by atoms with Gasteiger partial charge < -0.3 is 18.4 Å². The van der Waals surface area contributed by atoms with E-state index in [1.54, 1.807) is 0 Å². The molecule has 0 saturated carbocycles. The maximum absolute atomic E-state index is 11.0. The number of pyridine rings is 2. The van der Waals surface area contributed by atoms with Gasteiger partial charge in [0, 0.05) is 36.3 Å². The van der Waals surface area contributed by atoms with Crippen LogP contribution in [-0.4, -0.2) is 21.4 Å². The zero-order chi connectivity index (χ0) is 16.5. The second-order valence-electron chi connectivity index (χ2n) is 5.76. The van der Waals surface area contributed by atoms with E-state index in [4.69, 9.17) is 0 Å². The summed E-state index contributed by atoms with van der Waals surface area (Å²) in [6, 6.07) is 16.1. The van der Waals surface area contributed by atoms with Crippen molar-refractivity contribution in [1.82, 2.24) is 8.80 Å². The standard InChI is InChI=1S/C20H16N2O2/c23-11-7-15-13-19(21-9-3-1-5-17(15)21)20-14-16(8-12-24)18-6-2-4-10-22(18)20/h1-6,9-14H,7-8H2. The van der Waals surface area contributed by atoms with Crippen LogP contribution in [-0.2, 0) is 22.4 Å². The van der Waals surface area contributed by atoms with E-state index in [9.17, 15) is 9.59 Å². The Hall–Kier alpha value is -3.14. The largest absolute Gasteiger partial charge is 0.315 e. The zero-order valence-corrected chi connectivity index (χ0v) is 13.1. The average molecular weight is 316 g/mol. The van der Waals surface area contributed by atoms with Gasteiger partial charge in [-0.15, -0.1) is 0 Å². The highest BCUT2D eigenvalue weighted by molar-refractivity contribution is 5.78. The number of aromatic nitrogens is 2. The van der Waals surface area contributed by atoms with E-state index in [-0.39, 0.29) is 0 Å². The van der Waals surface area contributed by atoms with Crippen molar-refractivity contribution in [3.63, 3.8) is 0 Å². The molecule has 4 aromatic heterocycles. The van der Waals surface area contributed by atoms with Crippen molar-refractivity contribution >= 4 is 23.6 Å². The Morgan fingerprint density at radius 2 is 1.17 bits per heavy atom. The van der Waals surface area contributed by atoms with Crippen LogP contribution in [0, 0.1) is 0 Å². The van der Waals surface area contributed by atoms with Gasteiger partial charge in [-0.05, 0) is 47.5 Å². The summed E-state index contributed by atoms with van der Waals surface area (Å²) in [6.45, 7) is 0. The molecule has 0 aliphatic rings. The van der Waals surface area contributed by atoms with E-state index in [2.05, 4.69) is 20.9 Å². The number of carbonyl (C=O) groups excluding carboxylic acids is 2. The van der Waals surface area contributed by atoms with E-state index < -0.39 is 0 Å². The minimum Gasteiger partial charge on any atom is -0.315 e. The number of nitrogens with zero attached hydrogens (tertiary/aromatic N) is 2. The van der Waals surface area contributed by atoms with Crippen molar-refractivity contribution in [2.75, 3.05) is 0 Å². The van der Waals surface area contributed by atoms with Crippen molar-refractivity contribution in [1.29, 1.82) is 0 Å². The van der Waals surface area contributed by atoms with Gasteiger partial charge in [0.1, 0.15) is 12.6 Å². The zero-order valence-electron chi connectivity index (χ0n) is 13.1. The molecule has 4 aromatic rings. The second-order valence-corrected chi connectivity index (χ2v) is 5.76. The third-order valence-corrected chi connectivity index (χ3v) is 4.39. The summed E-state index contributed by atoms with van der Waals surface area (Å²) in [4.78, 5) is 22.0. The van der Waals surface area contributed by atoms with Crippen molar-refractivity contribution < 1.29 is 9.59 Å². The van der Waals surface area contributed by atoms with Crippen LogP contribution in [0.2, 0.25) is 0 Å². The van der Waals surface area contributed by atoms with Gasteiger partial charge in [0.05, 0.1) is 11.4 Å². The molecule has 4 rings (SSSR count). The Balaban J connectivity index is 2.03. The summed E-state index contributed by atoms with van der Waals surface area (Å²) >= 11 is 0. The molecule has 0 unspecified atom stereocenters. The summed E-state index contributed by atoms with van der Waals surface area (Å²) < 4.78 is 4.19. The normalized spacial score (nSPS) is 11.2. The Morgan fingerprint density at radius 1 is 0.708 bits per heavy atom. The monoisotopic (exact) mass is 316 g/mol. The smallest absolute Gasteiger partial charge is 0.124 e. The lowest BCUT2D eigenvalue weighted by Gasteiger charge is -2.04. The average Bonchev–Trinajstić information content (AvgIpc) is 3.15. The molecular weight excluding hydrogens is 300 g/mol. The first-order valence-corrected chi connectivity index (χ1v) is 7.89. The molecular formula is C20H16N2O2. The maximum atomic E-state index is 11.0. The molecule has 4 nitrogen and oxygen atoms in total. The first-order chi connectivity index (χ1) is 11.8. The summed E-state index contributed by atoms with van der Waals surface area (Å²) in [6.07, 6.45) is 6.64. The van der Waals surface area contributed by atoms with Crippen molar-refractivity contribution in [3.8, 4) is 11.4 Å². The summed E-state index contributed by atoms with van der Waals surface area (Å²) in [5, 5.41) is 0. The maximum Gasteiger partial charge on any atom is 0.124 e. The molecule has 0 radical (unpaired) electrons.